The molecule has 4 aliphatic rings. The number of aliphatic hydroxyl groups is 6. The SMILES string of the molecule is C[C@H]1O[C@H](OC[C@H]2O[C@@H](OC3=C(c4ccc(O)c(O)c4)Oc4cc(O)cc5c4C3=CC(c3ccc(O)cc3)O5)[C@H](O)[C@@H](O)[C@@H]2O)[C@@H](O)[C@@H](O)[C@@H]1O. The number of ether oxygens (including phenoxy) is 6. The molecule has 2 saturated heterocycles. The quantitative estimate of drug-likeness (QED) is 0.149. The Hall–Kier alpha value is -4.62. The number of aromatic hydroxyl groups is 4. The molecule has 272 valence electrons. The summed E-state index contributed by atoms with van der Waals surface area (Å²) in [6, 6.07) is 12.7. The van der Waals surface area contributed by atoms with Crippen LogP contribution < -0.4 is 9.47 Å². The lowest BCUT2D eigenvalue weighted by Gasteiger charge is -2.43. The van der Waals surface area contributed by atoms with Crippen molar-refractivity contribution in [2.75, 3.05) is 6.61 Å². The first-order chi connectivity index (χ1) is 24.3. The topological polar surface area (TPSA) is 258 Å². The first kappa shape index (κ1) is 34.8. The molecule has 0 amide bonds. The Labute approximate surface area is 289 Å². The molecule has 4 heterocycles. The van der Waals surface area contributed by atoms with Crippen molar-refractivity contribution in [2.45, 2.75) is 74.4 Å². The van der Waals surface area contributed by atoms with E-state index >= 15 is 0 Å². The van der Waals surface area contributed by atoms with E-state index < -0.39 is 85.6 Å². The van der Waals surface area contributed by atoms with Crippen molar-refractivity contribution in [1.29, 1.82) is 0 Å². The van der Waals surface area contributed by atoms with Gasteiger partial charge in [0.25, 0.3) is 0 Å². The number of hydrogen-bond donors (Lipinski definition) is 10. The molecule has 3 aromatic rings. The predicted molar refractivity (Wildman–Crippen MR) is 171 cm³/mol. The number of phenolic OH excluding ortho intramolecular Hbond substituents is 4. The van der Waals surface area contributed by atoms with Gasteiger partial charge in [-0.3, -0.25) is 0 Å². The molecule has 0 aromatic heterocycles. The van der Waals surface area contributed by atoms with Gasteiger partial charge in [0, 0.05) is 23.3 Å². The molecule has 2 fully saturated rings. The smallest absolute Gasteiger partial charge is 0.229 e. The Bertz CT molecular complexity index is 1840. The fourth-order valence-electron chi connectivity index (χ4n) is 6.30. The zero-order valence-electron chi connectivity index (χ0n) is 26.8. The summed E-state index contributed by atoms with van der Waals surface area (Å²) in [6.45, 7) is 0.918. The predicted octanol–water partition coefficient (Wildman–Crippen LogP) is 0.456. The summed E-state index contributed by atoms with van der Waals surface area (Å²) in [7, 11) is 0. The molecule has 0 saturated carbocycles. The summed E-state index contributed by atoms with van der Waals surface area (Å²) in [6.07, 6.45) is -14.7. The monoisotopic (exact) mass is 712 g/mol. The highest BCUT2D eigenvalue weighted by Crippen LogP contribution is 2.53. The minimum atomic E-state index is -1.86. The van der Waals surface area contributed by atoms with Crippen LogP contribution in [0.3, 0.4) is 0 Å². The van der Waals surface area contributed by atoms with E-state index in [1.54, 1.807) is 18.2 Å². The average molecular weight is 713 g/mol. The van der Waals surface area contributed by atoms with Crippen LogP contribution >= 0.6 is 0 Å². The third kappa shape index (κ3) is 6.41. The van der Waals surface area contributed by atoms with Crippen LogP contribution in [0.1, 0.15) is 29.7 Å². The Morgan fingerprint density at radius 3 is 2.08 bits per heavy atom. The van der Waals surface area contributed by atoms with Crippen molar-refractivity contribution < 1.29 is 79.5 Å². The maximum atomic E-state index is 11.1. The highest BCUT2D eigenvalue weighted by atomic mass is 16.7. The van der Waals surface area contributed by atoms with Crippen LogP contribution in [-0.4, -0.2) is 119 Å². The second-order valence-corrected chi connectivity index (χ2v) is 12.6. The molecular weight excluding hydrogens is 676 g/mol. The molecule has 3 aromatic carbocycles. The number of phenols is 4. The Morgan fingerprint density at radius 2 is 1.35 bits per heavy atom. The molecule has 51 heavy (non-hydrogen) atoms. The summed E-state index contributed by atoms with van der Waals surface area (Å²) in [5.74, 6) is -0.998. The zero-order valence-corrected chi connectivity index (χ0v) is 26.8. The third-order valence-electron chi connectivity index (χ3n) is 9.15. The van der Waals surface area contributed by atoms with E-state index in [1.807, 2.05) is 0 Å². The van der Waals surface area contributed by atoms with Gasteiger partial charge in [-0.05, 0) is 48.9 Å². The number of allylic oxidation sites excluding steroid dienone is 1. The van der Waals surface area contributed by atoms with Crippen LogP contribution in [0.4, 0.5) is 0 Å². The average Bonchev–Trinajstić information content (AvgIpc) is 3.11. The van der Waals surface area contributed by atoms with Gasteiger partial charge in [0.1, 0.15) is 71.8 Å². The highest BCUT2D eigenvalue weighted by Gasteiger charge is 2.48. The van der Waals surface area contributed by atoms with Gasteiger partial charge < -0.3 is 79.5 Å². The van der Waals surface area contributed by atoms with Crippen molar-refractivity contribution in [3.05, 3.63) is 83.1 Å². The van der Waals surface area contributed by atoms with E-state index in [-0.39, 0.29) is 40.1 Å². The van der Waals surface area contributed by atoms with Gasteiger partial charge in [-0.15, -0.1) is 0 Å². The second kappa shape index (κ2) is 13.5. The molecule has 11 atom stereocenters. The van der Waals surface area contributed by atoms with Crippen molar-refractivity contribution in [3.63, 3.8) is 0 Å². The normalized spacial score (nSPS) is 33.1. The van der Waals surface area contributed by atoms with E-state index in [4.69, 9.17) is 28.4 Å². The molecule has 4 aliphatic heterocycles. The number of benzene rings is 3. The first-order valence-corrected chi connectivity index (χ1v) is 16.0. The van der Waals surface area contributed by atoms with E-state index in [0.717, 1.165) is 0 Å². The molecule has 16 heteroatoms. The Morgan fingerprint density at radius 1 is 0.667 bits per heavy atom. The lowest BCUT2D eigenvalue weighted by atomic mass is 9.91. The molecule has 0 aliphatic carbocycles. The van der Waals surface area contributed by atoms with E-state index in [2.05, 4.69) is 0 Å². The van der Waals surface area contributed by atoms with Gasteiger partial charge in [0.2, 0.25) is 6.29 Å². The summed E-state index contributed by atoms with van der Waals surface area (Å²) in [5.41, 5.74) is 1.40. The van der Waals surface area contributed by atoms with E-state index in [9.17, 15) is 51.1 Å². The van der Waals surface area contributed by atoms with Crippen molar-refractivity contribution >= 4 is 11.3 Å². The van der Waals surface area contributed by atoms with Crippen molar-refractivity contribution in [2.24, 2.45) is 0 Å². The molecule has 10 N–H and O–H groups in total. The van der Waals surface area contributed by atoms with E-state index in [1.165, 1.54) is 49.4 Å². The lowest BCUT2D eigenvalue weighted by molar-refractivity contribution is -0.323. The van der Waals surface area contributed by atoms with Gasteiger partial charge in [-0.1, -0.05) is 12.1 Å². The van der Waals surface area contributed by atoms with E-state index in [0.29, 0.717) is 16.7 Å². The van der Waals surface area contributed by atoms with Crippen LogP contribution in [0.25, 0.3) is 11.3 Å². The van der Waals surface area contributed by atoms with Gasteiger partial charge in [0.15, 0.2) is 29.3 Å². The Kier molecular flexibility index (Phi) is 9.21. The first-order valence-electron chi connectivity index (χ1n) is 16.0. The number of hydrogen-bond acceptors (Lipinski definition) is 16. The maximum Gasteiger partial charge on any atom is 0.229 e. The summed E-state index contributed by atoms with van der Waals surface area (Å²) in [4.78, 5) is 0. The molecule has 7 rings (SSSR count). The number of rotatable bonds is 7. The minimum Gasteiger partial charge on any atom is -0.508 e. The molecule has 16 nitrogen and oxygen atoms in total. The second-order valence-electron chi connectivity index (χ2n) is 12.6. The standard InChI is InChI=1S/C35H36O16/c1-13-26(40)28(42)30(44)34(47-13)46-12-24-27(41)29(43)31(45)35(50-24)51-33-18-11-21(14-2-5-16(36)6-3-14)48-22-9-17(37)10-23(25(18)22)49-32(33)15-4-7-19(38)20(39)8-15/h2-11,13,21,24,26-31,34-45H,12H2,1H3/t13-,21?,24-,26-,27-,28+,29+,30+,31-,34+,35+/m1/s1. The Balaban J connectivity index is 1.27. The van der Waals surface area contributed by atoms with Crippen LogP contribution in [-0.2, 0) is 18.9 Å². The third-order valence-corrected chi connectivity index (χ3v) is 9.15. The highest BCUT2D eigenvalue weighted by molar-refractivity contribution is 5.95. The lowest BCUT2D eigenvalue weighted by Crippen LogP contribution is -2.61. The molecule has 0 radical (unpaired) electrons. The molecular formula is C35H36O16. The van der Waals surface area contributed by atoms with Crippen LogP contribution in [0.5, 0.6) is 34.5 Å². The summed E-state index contributed by atoms with van der Waals surface area (Å²) >= 11 is 0. The summed E-state index contributed by atoms with van der Waals surface area (Å²) < 4.78 is 35.7. The number of aliphatic hydroxyl groups excluding tert-OH is 6. The van der Waals surface area contributed by atoms with Gasteiger partial charge >= 0.3 is 0 Å². The molecule has 0 spiro atoms. The largest absolute Gasteiger partial charge is 0.508 e. The zero-order chi connectivity index (χ0) is 36.3. The summed E-state index contributed by atoms with van der Waals surface area (Å²) in [5, 5.41) is 104. The molecule has 1 unspecified atom stereocenters. The van der Waals surface area contributed by atoms with Crippen molar-refractivity contribution in [1.82, 2.24) is 0 Å². The molecule has 0 bridgehead atoms. The van der Waals surface area contributed by atoms with Crippen LogP contribution in [0.15, 0.2) is 66.4 Å². The van der Waals surface area contributed by atoms with Crippen LogP contribution in [0.2, 0.25) is 0 Å². The van der Waals surface area contributed by atoms with Gasteiger partial charge in [-0.25, -0.2) is 0 Å². The van der Waals surface area contributed by atoms with Gasteiger partial charge in [0.05, 0.1) is 18.3 Å². The van der Waals surface area contributed by atoms with Gasteiger partial charge in [-0.2, -0.15) is 0 Å². The van der Waals surface area contributed by atoms with Crippen LogP contribution in [0, 0.1) is 0 Å². The fraction of sp³-hybridized carbons (Fsp3) is 0.371. The fourth-order valence-corrected chi connectivity index (χ4v) is 6.30. The minimum absolute atomic E-state index is 0.0162. The van der Waals surface area contributed by atoms with Crippen molar-refractivity contribution in [3.8, 4) is 34.5 Å². The maximum absolute atomic E-state index is 11.1.